The number of hydrogen-bond acceptors (Lipinski definition) is 1. The van der Waals surface area contributed by atoms with Crippen molar-refractivity contribution < 1.29 is 0 Å². The smallest absolute Gasteiger partial charge is 0.0880 e. The van der Waals surface area contributed by atoms with Crippen LogP contribution in [-0.2, 0) is 0 Å². The summed E-state index contributed by atoms with van der Waals surface area (Å²) in [6, 6.07) is 16.6. The van der Waals surface area contributed by atoms with E-state index in [2.05, 4.69) is 60.1 Å². The van der Waals surface area contributed by atoms with Crippen LogP contribution in [0.15, 0.2) is 66.8 Å². The summed E-state index contributed by atoms with van der Waals surface area (Å²) in [5.41, 5.74) is 7.19. The van der Waals surface area contributed by atoms with Crippen LogP contribution in [0.25, 0.3) is 22.2 Å². The number of nitrogens with one attached hydrogen (secondary N) is 1. The molecule has 0 radical (unpaired) electrons. The van der Waals surface area contributed by atoms with Crippen LogP contribution in [0.5, 0.6) is 0 Å². The van der Waals surface area contributed by atoms with Gasteiger partial charge in [-0.2, -0.15) is 0 Å². The monoisotopic (exact) mass is 298 g/mol. The number of allylic oxidation sites excluding steroid dienone is 4. The Hall–Kier alpha value is -2.87. The Kier molecular flexibility index (Phi) is 3.05. The molecule has 2 heteroatoms. The minimum atomic E-state index is 0.607. The fourth-order valence-electron chi connectivity index (χ4n) is 3.53. The minimum absolute atomic E-state index is 0.607. The van der Waals surface area contributed by atoms with E-state index in [9.17, 15) is 0 Å². The summed E-state index contributed by atoms with van der Waals surface area (Å²) in [6.07, 6.45) is 6.30. The fraction of sp³-hybridized carbons (Fsp3) is 0.0952. The van der Waals surface area contributed by atoms with Crippen LogP contribution < -0.4 is 0 Å². The lowest BCUT2D eigenvalue weighted by atomic mass is 9.97. The van der Waals surface area contributed by atoms with Crippen LogP contribution in [0, 0.1) is 5.41 Å². The van der Waals surface area contributed by atoms with E-state index in [0.29, 0.717) is 5.71 Å². The average Bonchev–Trinajstić information content (AvgIpc) is 3.07. The molecule has 4 rings (SSSR count). The van der Waals surface area contributed by atoms with Crippen molar-refractivity contribution in [3.05, 3.63) is 83.6 Å². The molecule has 0 aliphatic carbocycles. The molecular weight excluding hydrogens is 280 g/mol. The van der Waals surface area contributed by atoms with Crippen LogP contribution in [0.3, 0.4) is 0 Å². The average molecular weight is 298 g/mol. The van der Waals surface area contributed by atoms with E-state index in [1.54, 1.807) is 0 Å². The number of nitrogens with zero attached hydrogens (tertiary/aromatic N) is 1. The van der Waals surface area contributed by atoms with E-state index in [-0.39, 0.29) is 0 Å². The molecule has 0 amide bonds. The SMILES string of the molecule is C/C=C\C(=C/C)c1c2n(c3ccccc13)-c1ccccc1C2=N. The van der Waals surface area contributed by atoms with Crippen LogP contribution in [0.1, 0.15) is 30.7 Å². The number of aromatic nitrogens is 1. The zero-order chi connectivity index (χ0) is 16.0. The Labute approximate surface area is 135 Å². The van der Waals surface area contributed by atoms with Gasteiger partial charge < -0.3 is 4.57 Å². The largest absolute Gasteiger partial charge is 0.306 e. The molecule has 0 atom stereocenters. The number of para-hydroxylation sites is 2. The van der Waals surface area contributed by atoms with Crippen molar-refractivity contribution in [1.82, 2.24) is 4.57 Å². The van der Waals surface area contributed by atoms with Gasteiger partial charge in [0.05, 0.1) is 22.6 Å². The first-order valence-electron chi connectivity index (χ1n) is 7.89. The Morgan fingerprint density at radius 3 is 2.52 bits per heavy atom. The Bertz CT molecular complexity index is 1000. The highest BCUT2D eigenvalue weighted by Gasteiger charge is 2.30. The molecule has 1 N–H and O–H groups in total. The van der Waals surface area contributed by atoms with Crippen molar-refractivity contribution in [1.29, 1.82) is 5.41 Å². The van der Waals surface area contributed by atoms with E-state index in [1.807, 2.05) is 25.1 Å². The standard InChI is InChI=1S/C21H18N2/c1-3-9-14(4-2)19-15-10-5-7-12-17(15)23-18-13-8-6-11-16(18)20(22)21(19)23/h3-13,22H,1-2H3/b9-3-,14-4+,22-20?. The van der Waals surface area contributed by atoms with E-state index < -0.39 is 0 Å². The highest BCUT2D eigenvalue weighted by molar-refractivity contribution is 6.22. The second kappa shape index (κ2) is 5.10. The van der Waals surface area contributed by atoms with Gasteiger partial charge in [-0.3, -0.25) is 5.41 Å². The highest BCUT2D eigenvalue weighted by Crippen LogP contribution is 2.40. The van der Waals surface area contributed by atoms with Crippen molar-refractivity contribution in [3.63, 3.8) is 0 Å². The second-order valence-corrected chi connectivity index (χ2v) is 5.71. The van der Waals surface area contributed by atoms with Gasteiger partial charge in [-0.1, -0.05) is 54.6 Å². The van der Waals surface area contributed by atoms with Crippen molar-refractivity contribution in [2.45, 2.75) is 13.8 Å². The maximum absolute atomic E-state index is 8.71. The van der Waals surface area contributed by atoms with E-state index in [4.69, 9.17) is 5.41 Å². The molecular formula is C21H18N2. The lowest BCUT2D eigenvalue weighted by molar-refractivity contribution is 1.13. The van der Waals surface area contributed by atoms with Crippen LogP contribution in [0.4, 0.5) is 0 Å². The molecule has 2 nitrogen and oxygen atoms in total. The topological polar surface area (TPSA) is 28.8 Å². The Balaban J connectivity index is 2.18. The fourth-order valence-corrected chi connectivity index (χ4v) is 3.53. The van der Waals surface area contributed by atoms with Gasteiger partial charge in [0.15, 0.2) is 0 Å². The number of hydrogen-bond donors (Lipinski definition) is 1. The normalized spacial score (nSPS) is 13.8. The van der Waals surface area contributed by atoms with Gasteiger partial charge in [0.2, 0.25) is 0 Å². The first-order valence-corrected chi connectivity index (χ1v) is 7.89. The first-order chi connectivity index (χ1) is 11.3. The maximum atomic E-state index is 8.71. The van der Waals surface area contributed by atoms with Gasteiger partial charge >= 0.3 is 0 Å². The Morgan fingerprint density at radius 1 is 1.00 bits per heavy atom. The third kappa shape index (κ3) is 1.78. The molecule has 23 heavy (non-hydrogen) atoms. The van der Waals surface area contributed by atoms with Crippen LogP contribution in [0.2, 0.25) is 0 Å². The molecule has 0 bridgehead atoms. The van der Waals surface area contributed by atoms with E-state index in [1.165, 1.54) is 5.39 Å². The number of fused-ring (bicyclic) bond motifs is 5. The molecule has 1 aliphatic heterocycles. The zero-order valence-electron chi connectivity index (χ0n) is 13.3. The molecule has 0 unspecified atom stereocenters. The predicted octanol–water partition coefficient (Wildman–Crippen LogP) is 5.34. The van der Waals surface area contributed by atoms with Crippen LogP contribution in [-0.4, -0.2) is 10.3 Å². The molecule has 1 aliphatic rings. The summed E-state index contributed by atoms with van der Waals surface area (Å²) in [5.74, 6) is 0. The second-order valence-electron chi connectivity index (χ2n) is 5.71. The summed E-state index contributed by atoms with van der Waals surface area (Å²) >= 11 is 0. The molecule has 112 valence electrons. The third-order valence-electron chi connectivity index (χ3n) is 4.47. The van der Waals surface area contributed by atoms with Crippen molar-refractivity contribution in [3.8, 4) is 5.69 Å². The van der Waals surface area contributed by atoms with Gasteiger partial charge in [-0.15, -0.1) is 0 Å². The molecule has 0 fully saturated rings. The summed E-state index contributed by atoms with van der Waals surface area (Å²) in [6.45, 7) is 4.09. The minimum Gasteiger partial charge on any atom is -0.306 e. The summed E-state index contributed by atoms with van der Waals surface area (Å²) in [5, 5.41) is 9.92. The van der Waals surface area contributed by atoms with E-state index in [0.717, 1.165) is 33.6 Å². The zero-order valence-corrected chi connectivity index (χ0v) is 13.3. The van der Waals surface area contributed by atoms with Gasteiger partial charge in [-0.25, -0.2) is 0 Å². The summed E-state index contributed by atoms with van der Waals surface area (Å²) in [4.78, 5) is 0. The molecule has 3 aromatic rings. The molecule has 0 saturated heterocycles. The maximum Gasteiger partial charge on any atom is 0.0880 e. The van der Waals surface area contributed by atoms with Crippen LogP contribution >= 0.6 is 0 Å². The molecule has 2 aromatic carbocycles. The molecule has 0 spiro atoms. The van der Waals surface area contributed by atoms with Gasteiger partial charge in [0.25, 0.3) is 0 Å². The van der Waals surface area contributed by atoms with E-state index >= 15 is 0 Å². The molecule has 2 heterocycles. The number of rotatable bonds is 2. The quantitative estimate of drug-likeness (QED) is 0.484. The summed E-state index contributed by atoms with van der Waals surface area (Å²) in [7, 11) is 0. The van der Waals surface area contributed by atoms with Gasteiger partial charge in [0.1, 0.15) is 0 Å². The lowest BCUT2D eigenvalue weighted by Crippen LogP contribution is -1.99. The van der Waals surface area contributed by atoms with Crippen molar-refractivity contribution >= 4 is 22.2 Å². The number of benzene rings is 2. The third-order valence-corrected chi connectivity index (χ3v) is 4.47. The highest BCUT2D eigenvalue weighted by atomic mass is 15.0. The lowest BCUT2D eigenvalue weighted by Gasteiger charge is -2.05. The Morgan fingerprint density at radius 2 is 1.74 bits per heavy atom. The van der Waals surface area contributed by atoms with Crippen molar-refractivity contribution in [2.75, 3.05) is 0 Å². The first kappa shape index (κ1) is 13.8. The summed E-state index contributed by atoms with van der Waals surface area (Å²) < 4.78 is 2.23. The molecule has 1 aromatic heterocycles. The van der Waals surface area contributed by atoms with Crippen molar-refractivity contribution in [2.24, 2.45) is 0 Å². The van der Waals surface area contributed by atoms with Gasteiger partial charge in [0, 0.05) is 16.5 Å². The van der Waals surface area contributed by atoms with Gasteiger partial charge in [-0.05, 0) is 31.6 Å². The molecule has 0 saturated carbocycles. The predicted molar refractivity (Wildman–Crippen MR) is 97.7 cm³/mol.